The van der Waals surface area contributed by atoms with E-state index in [0.29, 0.717) is 0 Å². The monoisotopic (exact) mass is 126 g/mol. The first-order valence-corrected chi connectivity index (χ1v) is 2.13. The van der Waals surface area contributed by atoms with E-state index in [0.717, 1.165) is 5.82 Å². The van der Waals surface area contributed by atoms with Crippen molar-refractivity contribution in [2.45, 2.75) is 21.8 Å². The SMILES string of the molecule is C.C.Cc1ncccn1. The van der Waals surface area contributed by atoms with Crippen molar-refractivity contribution in [3.05, 3.63) is 24.3 Å². The molecule has 0 atom stereocenters. The smallest absolute Gasteiger partial charge is 0.125 e. The average molecular weight is 126 g/mol. The summed E-state index contributed by atoms with van der Waals surface area (Å²) in [5, 5.41) is 0. The molecule has 0 aliphatic rings. The Morgan fingerprint density at radius 1 is 1.11 bits per heavy atom. The molecule has 1 aromatic rings. The third-order valence-corrected chi connectivity index (χ3v) is 0.695. The van der Waals surface area contributed by atoms with Gasteiger partial charge in [-0.3, -0.25) is 0 Å². The van der Waals surface area contributed by atoms with E-state index in [1.165, 1.54) is 0 Å². The first kappa shape index (κ1) is 11.0. The molecule has 0 N–H and O–H groups in total. The van der Waals surface area contributed by atoms with Crippen molar-refractivity contribution >= 4 is 0 Å². The van der Waals surface area contributed by atoms with Gasteiger partial charge in [0.25, 0.3) is 0 Å². The molecule has 0 aliphatic heterocycles. The molecule has 0 bridgehead atoms. The van der Waals surface area contributed by atoms with Gasteiger partial charge in [-0.25, -0.2) is 9.97 Å². The Bertz CT molecular complexity index is 137. The van der Waals surface area contributed by atoms with Gasteiger partial charge in [-0.1, -0.05) is 14.9 Å². The highest BCUT2D eigenvalue weighted by molar-refractivity contribution is 4.83. The maximum absolute atomic E-state index is 3.87. The van der Waals surface area contributed by atoms with Crippen LogP contribution in [0.2, 0.25) is 0 Å². The van der Waals surface area contributed by atoms with Crippen molar-refractivity contribution in [2.75, 3.05) is 0 Å². The summed E-state index contributed by atoms with van der Waals surface area (Å²) in [4.78, 5) is 7.74. The average Bonchev–Trinajstić information content (AvgIpc) is 1.69. The van der Waals surface area contributed by atoms with Gasteiger partial charge in [0.15, 0.2) is 0 Å². The molecule has 9 heavy (non-hydrogen) atoms. The van der Waals surface area contributed by atoms with Gasteiger partial charge >= 0.3 is 0 Å². The Labute approximate surface area is 57.0 Å². The van der Waals surface area contributed by atoms with Crippen LogP contribution >= 0.6 is 0 Å². The second kappa shape index (κ2) is 5.22. The number of nitrogens with zero attached hydrogens (tertiary/aromatic N) is 2. The molecule has 0 fully saturated rings. The minimum absolute atomic E-state index is 0. The number of hydrogen-bond acceptors (Lipinski definition) is 2. The van der Waals surface area contributed by atoms with Crippen molar-refractivity contribution in [3.63, 3.8) is 0 Å². The third kappa shape index (κ3) is 3.64. The van der Waals surface area contributed by atoms with Crippen LogP contribution in [0.1, 0.15) is 20.7 Å². The van der Waals surface area contributed by atoms with Crippen LogP contribution in [-0.2, 0) is 0 Å². The predicted octanol–water partition coefficient (Wildman–Crippen LogP) is 2.06. The zero-order chi connectivity index (χ0) is 5.11. The summed E-state index contributed by atoms with van der Waals surface area (Å²) in [6.45, 7) is 1.86. The quantitative estimate of drug-likeness (QED) is 0.531. The molecule has 0 aliphatic carbocycles. The lowest BCUT2D eigenvalue weighted by Crippen LogP contribution is -1.80. The van der Waals surface area contributed by atoms with Crippen LogP contribution in [-0.4, -0.2) is 9.97 Å². The summed E-state index contributed by atoms with van der Waals surface area (Å²) in [6.07, 6.45) is 3.45. The fourth-order valence-corrected chi connectivity index (χ4v) is 0.374. The minimum Gasteiger partial charge on any atom is -0.242 e. The normalized spacial score (nSPS) is 6.78. The fourth-order valence-electron chi connectivity index (χ4n) is 0.374. The van der Waals surface area contributed by atoms with Crippen molar-refractivity contribution in [1.29, 1.82) is 0 Å². The molecule has 0 spiro atoms. The first-order chi connectivity index (χ1) is 3.39. The molecule has 2 heteroatoms. The highest BCUT2D eigenvalue weighted by atomic mass is 14.8. The molecule has 0 amide bonds. The summed E-state index contributed by atoms with van der Waals surface area (Å²) >= 11 is 0. The molecular weight excluding hydrogens is 112 g/mol. The zero-order valence-corrected chi connectivity index (χ0v) is 4.13. The van der Waals surface area contributed by atoms with Gasteiger partial charge in [-0.2, -0.15) is 0 Å². The van der Waals surface area contributed by atoms with E-state index in [2.05, 4.69) is 9.97 Å². The van der Waals surface area contributed by atoms with Gasteiger partial charge in [0, 0.05) is 12.4 Å². The Kier molecular flexibility index (Phi) is 6.36. The van der Waals surface area contributed by atoms with Crippen molar-refractivity contribution in [1.82, 2.24) is 9.97 Å². The molecule has 0 aromatic carbocycles. The van der Waals surface area contributed by atoms with Crippen molar-refractivity contribution in [3.8, 4) is 0 Å². The van der Waals surface area contributed by atoms with E-state index in [-0.39, 0.29) is 14.9 Å². The Morgan fingerprint density at radius 3 is 1.78 bits per heavy atom. The van der Waals surface area contributed by atoms with E-state index in [9.17, 15) is 0 Å². The van der Waals surface area contributed by atoms with Gasteiger partial charge < -0.3 is 0 Å². The molecule has 1 rings (SSSR count). The molecule has 52 valence electrons. The van der Waals surface area contributed by atoms with E-state index >= 15 is 0 Å². The largest absolute Gasteiger partial charge is 0.242 e. The highest BCUT2D eigenvalue weighted by Gasteiger charge is 1.74. The summed E-state index contributed by atoms with van der Waals surface area (Å²) in [6, 6.07) is 1.80. The van der Waals surface area contributed by atoms with Gasteiger partial charge in [0.1, 0.15) is 5.82 Å². The zero-order valence-electron chi connectivity index (χ0n) is 4.13. The van der Waals surface area contributed by atoms with Crippen LogP contribution in [0, 0.1) is 6.92 Å². The lowest BCUT2D eigenvalue weighted by Gasteiger charge is -1.81. The molecule has 1 heterocycles. The van der Waals surface area contributed by atoms with E-state index < -0.39 is 0 Å². The molecule has 0 saturated carbocycles. The fraction of sp³-hybridized carbons (Fsp3) is 0.429. The minimum atomic E-state index is 0. The van der Waals surface area contributed by atoms with Crippen LogP contribution in [0.15, 0.2) is 18.5 Å². The maximum Gasteiger partial charge on any atom is 0.125 e. The van der Waals surface area contributed by atoms with Gasteiger partial charge in [0.05, 0.1) is 0 Å². The third-order valence-electron chi connectivity index (χ3n) is 0.695. The lowest BCUT2D eigenvalue weighted by atomic mass is 10.6. The molecule has 0 saturated heterocycles. The van der Waals surface area contributed by atoms with Crippen LogP contribution in [0.5, 0.6) is 0 Å². The molecular formula is C7H14N2. The van der Waals surface area contributed by atoms with Crippen LogP contribution < -0.4 is 0 Å². The number of hydrogen-bond donors (Lipinski definition) is 0. The second-order valence-electron chi connectivity index (χ2n) is 1.30. The second-order valence-corrected chi connectivity index (χ2v) is 1.30. The summed E-state index contributed by atoms with van der Waals surface area (Å²) in [7, 11) is 0. The van der Waals surface area contributed by atoms with E-state index in [1.54, 1.807) is 18.5 Å². The summed E-state index contributed by atoms with van der Waals surface area (Å²) in [5.74, 6) is 0.822. The number of rotatable bonds is 0. The molecule has 1 aromatic heterocycles. The number of aryl methyl sites for hydroxylation is 1. The molecule has 2 nitrogen and oxygen atoms in total. The Balaban J connectivity index is 0. The predicted molar refractivity (Wildman–Crippen MR) is 40.2 cm³/mol. The summed E-state index contributed by atoms with van der Waals surface area (Å²) in [5.41, 5.74) is 0. The van der Waals surface area contributed by atoms with Gasteiger partial charge in [0.2, 0.25) is 0 Å². The van der Waals surface area contributed by atoms with Crippen LogP contribution in [0.25, 0.3) is 0 Å². The lowest BCUT2D eigenvalue weighted by molar-refractivity contribution is 1.05. The van der Waals surface area contributed by atoms with Crippen LogP contribution in [0.3, 0.4) is 0 Å². The van der Waals surface area contributed by atoms with Crippen LogP contribution in [0.4, 0.5) is 0 Å². The highest BCUT2D eigenvalue weighted by Crippen LogP contribution is 1.78. The van der Waals surface area contributed by atoms with Gasteiger partial charge in [-0.15, -0.1) is 0 Å². The van der Waals surface area contributed by atoms with E-state index in [1.807, 2.05) is 6.92 Å². The topological polar surface area (TPSA) is 25.8 Å². The first-order valence-electron chi connectivity index (χ1n) is 2.13. The van der Waals surface area contributed by atoms with Crippen molar-refractivity contribution in [2.24, 2.45) is 0 Å². The molecule has 0 radical (unpaired) electrons. The Morgan fingerprint density at radius 2 is 1.56 bits per heavy atom. The van der Waals surface area contributed by atoms with Crippen molar-refractivity contribution < 1.29 is 0 Å². The Hall–Kier alpha value is -0.920. The standard InChI is InChI=1S/C5H6N2.2CH4/c1-5-6-3-2-4-7-5;;/h2-4H,1H3;2*1H4. The maximum atomic E-state index is 3.87. The summed E-state index contributed by atoms with van der Waals surface area (Å²) < 4.78 is 0. The molecule has 0 unspecified atom stereocenters. The van der Waals surface area contributed by atoms with Gasteiger partial charge in [-0.05, 0) is 13.0 Å². The van der Waals surface area contributed by atoms with E-state index in [4.69, 9.17) is 0 Å². The number of aromatic nitrogens is 2.